The summed E-state index contributed by atoms with van der Waals surface area (Å²) in [5.74, 6) is 0. The van der Waals surface area contributed by atoms with E-state index in [1.807, 2.05) is 13.0 Å². The fraction of sp³-hybridized carbons (Fsp3) is 0.333. The molecule has 106 valence electrons. The molecular weight excluding hydrogens is 296 g/mol. The zero-order chi connectivity index (χ0) is 14.5. The van der Waals surface area contributed by atoms with Crippen LogP contribution in [0.5, 0.6) is 0 Å². The van der Waals surface area contributed by atoms with Crippen LogP contribution in [-0.2, 0) is 0 Å². The van der Waals surface area contributed by atoms with Crippen molar-refractivity contribution in [2.45, 2.75) is 29.5 Å². The van der Waals surface area contributed by atoms with Crippen molar-refractivity contribution >= 4 is 33.9 Å². The van der Waals surface area contributed by atoms with Crippen LogP contribution in [0.2, 0.25) is 0 Å². The fourth-order valence-corrected chi connectivity index (χ4v) is 3.32. The lowest BCUT2D eigenvalue weighted by atomic mass is 10.2. The molecule has 0 amide bonds. The monoisotopic (exact) mass is 310 g/mol. The van der Waals surface area contributed by atoms with Gasteiger partial charge in [0.2, 0.25) is 5.13 Å². The minimum Gasteiger partial charge on any atom is -0.360 e. The van der Waals surface area contributed by atoms with Crippen LogP contribution in [0, 0.1) is 17.0 Å². The van der Waals surface area contributed by atoms with Crippen LogP contribution in [0.15, 0.2) is 27.4 Å². The van der Waals surface area contributed by atoms with E-state index >= 15 is 0 Å². The molecule has 0 aliphatic heterocycles. The Labute approximate surface area is 124 Å². The molecule has 0 bridgehead atoms. The van der Waals surface area contributed by atoms with Crippen molar-refractivity contribution in [2.75, 3.05) is 11.9 Å². The molecule has 0 radical (unpaired) electrons. The summed E-state index contributed by atoms with van der Waals surface area (Å²) in [6, 6.07) is 5.17. The van der Waals surface area contributed by atoms with Gasteiger partial charge in [0.25, 0.3) is 5.69 Å². The molecule has 2 rings (SSSR count). The van der Waals surface area contributed by atoms with Gasteiger partial charge in [-0.2, -0.15) is 0 Å². The van der Waals surface area contributed by atoms with E-state index in [1.165, 1.54) is 23.1 Å². The van der Waals surface area contributed by atoms with Crippen molar-refractivity contribution in [3.63, 3.8) is 0 Å². The number of aromatic nitrogens is 2. The minimum absolute atomic E-state index is 0.105. The molecule has 0 spiro atoms. The molecule has 8 heteroatoms. The summed E-state index contributed by atoms with van der Waals surface area (Å²) in [6.45, 7) is 4.74. The number of nitrogens with zero attached hydrogens (tertiary/aromatic N) is 3. The number of aryl methyl sites for hydroxylation is 1. The van der Waals surface area contributed by atoms with Gasteiger partial charge in [0.05, 0.1) is 9.82 Å². The number of nitrogens with one attached hydrogen (secondary N) is 1. The molecule has 1 aromatic heterocycles. The van der Waals surface area contributed by atoms with Crippen molar-refractivity contribution in [3.05, 3.63) is 33.9 Å². The first-order valence-electron chi connectivity index (χ1n) is 6.10. The van der Waals surface area contributed by atoms with Crippen molar-refractivity contribution in [1.82, 2.24) is 10.2 Å². The standard InChI is InChI=1S/C12H14N4O2S2/c1-3-6-13-11-14-15-12(20-11)19-10-5-4-8(2)7-9(10)16(17)18/h4-5,7H,3,6H2,1-2H3,(H,13,14). The summed E-state index contributed by atoms with van der Waals surface area (Å²) in [4.78, 5) is 11.3. The molecule has 1 N–H and O–H groups in total. The second-order valence-electron chi connectivity index (χ2n) is 4.13. The normalized spacial score (nSPS) is 10.5. The van der Waals surface area contributed by atoms with E-state index in [0.717, 1.165) is 23.7 Å². The maximum absolute atomic E-state index is 11.1. The van der Waals surface area contributed by atoms with E-state index < -0.39 is 0 Å². The number of benzene rings is 1. The van der Waals surface area contributed by atoms with Gasteiger partial charge in [0.15, 0.2) is 4.34 Å². The Morgan fingerprint density at radius 1 is 1.45 bits per heavy atom. The molecule has 2 aromatic rings. The van der Waals surface area contributed by atoms with Crippen LogP contribution < -0.4 is 5.32 Å². The third-order valence-electron chi connectivity index (χ3n) is 2.44. The van der Waals surface area contributed by atoms with E-state index in [2.05, 4.69) is 22.4 Å². The van der Waals surface area contributed by atoms with Crippen molar-refractivity contribution in [2.24, 2.45) is 0 Å². The predicted molar refractivity (Wildman–Crippen MR) is 80.6 cm³/mol. The van der Waals surface area contributed by atoms with Crippen LogP contribution in [0.1, 0.15) is 18.9 Å². The number of hydrogen-bond donors (Lipinski definition) is 1. The third-order valence-corrected chi connectivity index (χ3v) is 4.44. The Balaban J connectivity index is 2.17. The van der Waals surface area contributed by atoms with Gasteiger partial charge in [-0.25, -0.2) is 0 Å². The van der Waals surface area contributed by atoms with E-state index in [1.54, 1.807) is 12.1 Å². The topological polar surface area (TPSA) is 81.0 Å². The smallest absolute Gasteiger partial charge is 0.283 e. The molecule has 0 atom stereocenters. The lowest BCUT2D eigenvalue weighted by Gasteiger charge is -2.01. The summed E-state index contributed by atoms with van der Waals surface area (Å²) in [6.07, 6.45) is 1.01. The predicted octanol–water partition coefficient (Wildman–Crippen LogP) is 3.73. The summed E-state index contributed by atoms with van der Waals surface area (Å²) in [5, 5.41) is 23.0. The molecule has 0 aliphatic rings. The molecule has 0 saturated heterocycles. The quantitative estimate of drug-likeness (QED) is 0.647. The molecular formula is C12H14N4O2S2. The van der Waals surface area contributed by atoms with Crippen molar-refractivity contribution in [3.8, 4) is 0 Å². The van der Waals surface area contributed by atoms with E-state index in [0.29, 0.717) is 9.24 Å². The van der Waals surface area contributed by atoms with Crippen LogP contribution in [0.4, 0.5) is 10.8 Å². The highest BCUT2D eigenvalue weighted by atomic mass is 32.2. The largest absolute Gasteiger partial charge is 0.360 e. The number of hydrogen-bond acceptors (Lipinski definition) is 7. The Morgan fingerprint density at radius 3 is 2.95 bits per heavy atom. The first kappa shape index (κ1) is 14.7. The summed E-state index contributed by atoms with van der Waals surface area (Å²) in [7, 11) is 0. The van der Waals surface area contributed by atoms with Crippen molar-refractivity contribution in [1.29, 1.82) is 0 Å². The van der Waals surface area contributed by atoms with Crippen LogP contribution in [0.25, 0.3) is 0 Å². The van der Waals surface area contributed by atoms with E-state index in [-0.39, 0.29) is 10.6 Å². The molecule has 0 saturated carbocycles. The molecule has 20 heavy (non-hydrogen) atoms. The number of nitro benzene ring substituents is 1. The van der Waals surface area contributed by atoms with Crippen molar-refractivity contribution < 1.29 is 4.92 Å². The maximum atomic E-state index is 11.1. The van der Waals surface area contributed by atoms with Gasteiger partial charge in [-0.3, -0.25) is 10.1 Å². The van der Waals surface area contributed by atoms with Gasteiger partial charge in [0.1, 0.15) is 0 Å². The Hall–Kier alpha value is -1.67. The minimum atomic E-state index is -0.368. The highest BCUT2D eigenvalue weighted by Gasteiger charge is 2.16. The van der Waals surface area contributed by atoms with Gasteiger partial charge < -0.3 is 5.32 Å². The third kappa shape index (κ3) is 3.67. The maximum Gasteiger partial charge on any atom is 0.283 e. The Bertz CT molecular complexity index is 615. The summed E-state index contributed by atoms with van der Waals surface area (Å²) >= 11 is 2.67. The highest BCUT2D eigenvalue weighted by molar-refractivity contribution is 8.01. The molecule has 0 unspecified atom stereocenters. The Kier molecular flexibility index (Phi) is 4.91. The van der Waals surface area contributed by atoms with Gasteiger partial charge in [-0.1, -0.05) is 24.3 Å². The number of rotatable bonds is 6. The SMILES string of the molecule is CCCNc1nnc(Sc2ccc(C)cc2[N+](=O)[O-])s1. The van der Waals surface area contributed by atoms with Crippen LogP contribution in [0.3, 0.4) is 0 Å². The van der Waals surface area contributed by atoms with E-state index in [9.17, 15) is 10.1 Å². The Morgan fingerprint density at radius 2 is 2.25 bits per heavy atom. The average Bonchev–Trinajstić information content (AvgIpc) is 2.86. The lowest BCUT2D eigenvalue weighted by molar-refractivity contribution is -0.387. The van der Waals surface area contributed by atoms with Gasteiger partial charge in [-0.15, -0.1) is 10.2 Å². The zero-order valence-electron chi connectivity index (χ0n) is 11.1. The molecule has 1 aromatic carbocycles. The zero-order valence-corrected chi connectivity index (χ0v) is 12.8. The summed E-state index contributed by atoms with van der Waals surface area (Å²) in [5.41, 5.74) is 0.969. The lowest BCUT2D eigenvalue weighted by Crippen LogP contribution is -1.98. The van der Waals surface area contributed by atoms with Crippen LogP contribution >= 0.6 is 23.1 Å². The van der Waals surface area contributed by atoms with Crippen LogP contribution in [-0.4, -0.2) is 21.7 Å². The van der Waals surface area contributed by atoms with Gasteiger partial charge in [0, 0.05) is 12.6 Å². The van der Waals surface area contributed by atoms with Gasteiger partial charge >= 0.3 is 0 Å². The summed E-state index contributed by atoms with van der Waals surface area (Å²) < 4.78 is 0.690. The second kappa shape index (κ2) is 6.67. The average molecular weight is 310 g/mol. The van der Waals surface area contributed by atoms with Gasteiger partial charge in [-0.05, 0) is 36.7 Å². The fourth-order valence-electron chi connectivity index (χ4n) is 1.50. The molecule has 6 nitrogen and oxygen atoms in total. The first-order chi connectivity index (χ1) is 9.60. The first-order valence-corrected chi connectivity index (χ1v) is 7.73. The molecule has 0 fully saturated rings. The number of nitro groups is 1. The number of anilines is 1. The molecule has 1 heterocycles. The second-order valence-corrected chi connectivity index (χ2v) is 6.40. The van der Waals surface area contributed by atoms with E-state index in [4.69, 9.17) is 0 Å². The highest BCUT2D eigenvalue weighted by Crippen LogP contribution is 2.37. The molecule has 0 aliphatic carbocycles.